The Morgan fingerprint density at radius 2 is 1.16 bits per heavy atom. The van der Waals surface area contributed by atoms with E-state index < -0.39 is 5.89 Å². The van der Waals surface area contributed by atoms with Gasteiger partial charge in [-0.2, -0.15) is 0 Å². The second kappa shape index (κ2) is 18.6. The van der Waals surface area contributed by atoms with E-state index in [1.165, 1.54) is 5.56 Å². The molecule has 0 unspecified atom stereocenters. The van der Waals surface area contributed by atoms with Crippen LogP contribution in [0.2, 0.25) is 0 Å². The quantitative estimate of drug-likeness (QED) is 0.154. The molecule has 9 aromatic rings. The number of phenols is 1. The largest absolute Gasteiger partial charge is 0.507 e. The first-order chi connectivity index (χ1) is 32.1. The minimum atomic E-state index is -0.683. The zero-order chi connectivity index (χ0) is 48.3. The van der Waals surface area contributed by atoms with Crippen molar-refractivity contribution in [2.75, 3.05) is 0 Å². The van der Waals surface area contributed by atoms with Crippen LogP contribution in [0, 0.1) is 6.07 Å². The summed E-state index contributed by atoms with van der Waals surface area (Å²) in [6, 6.07) is 59.2. The van der Waals surface area contributed by atoms with Gasteiger partial charge in [-0.25, -0.2) is 4.98 Å². The van der Waals surface area contributed by atoms with Gasteiger partial charge < -0.3 is 5.11 Å². The van der Waals surface area contributed by atoms with Gasteiger partial charge in [0.15, 0.2) is 0 Å². The second-order valence-corrected chi connectivity index (χ2v) is 21.3. The van der Waals surface area contributed by atoms with Gasteiger partial charge >= 0.3 is 0 Å². The number of nitrogens with zero attached hydrogens (tertiary/aromatic N) is 3. The number of rotatable bonds is 8. The molecule has 2 aromatic heterocycles. The zero-order valence-corrected chi connectivity index (χ0v) is 43.5. The van der Waals surface area contributed by atoms with Crippen LogP contribution in [0.1, 0.15) is 106 Å². The first-order valence-corrected chi connectivity index (χ1v) is 23.5. The van der Waals surface area contributed by atoms with Crippen molar-refractivity contribution in [2.24, 2.45) is 0 Å². The number of aromatic nitrogens is 3. The average molecular weight is 1070 g/mol. The molecule has 0 saturated carbocycles. The molecule has 0 radical (unpaired) electrons. The van der Waals surface area contributed by atoms with E-state index in [1.54, 1.807) is 0 Å². The van der Waals surface area contributed by atoms with E-state index >= 15 is 0 Å². The molecule has 346 valence electrons. The summed E-state index contributed by atoms with van der Waals surface area (Å²) < 4.78 is 10.8. The maximum Gasteiger partial charge on any atom is 0.148 e. The van der Waals surface area contributed by atoms with Crippen LogP contribution >= 0.6 is 0 Å². The summed E-state index contributed by atoms with van der Waals surface area (Å²) in [5, 5.41) is 12.6. The summed E-state index contributed by atoms with van der Waals surface area (Å²) in [6.45, 7) is 23.7. The Labute approximate surface area is 419 Å². The standard InChI is InChI=1S/C63H62N3O.Pt/c1-40(2)41-25-27-43(28-26-41)45-31-32-64-55(36-45)48-34-46(42-19-14-12-15-20-42)33-47(35-48)51-23-18-24-57-58(51)65-60(53-38-50(62(6,7)8)39-54(59(53)67)63(9,10)11)66(57)56-30-29-49(61(3,4)5)37-52(56)44-21-16-13-17-22-44;/h12-34,36-40,67H,1-11H3;/q-1;/i40D;. The van der Waals surface area contributed by atoms with Crippen molar-refractivity contribution in [3.05, 3.63) is 192 Å². The fourth-order valence-electron chi connectivity index (χ4n) is 9.00. The van der Waals surface area contributed by atoms with Gasteiger partial charge in [0.1, 0.15) is 11.6 Å². The minimum absolute atomic E-state index is 0. The molecule has 5 heteroatoms. The molecule has 1 N–H and O–H groups in total. The first-order valence-electron chi connectivity index (χ1n) is 24.0. The molecule has 2 heterocycles. The van der Waals surface area contributed by atoms with E-state index in [2.05, 4.69) is 206 Å². The van der Waals surface area contributed by atoms with Gasteiger partial charge in [-0.15, -0.1) is 23.8 Å². The summed E-state index contributed by atoms with van der Waals surface area (Å²) in [6.07, 6.45) is 1.86. The predicted octanol–water partition coefficient (Wildman–Crippen LogP) is 16.9. The zero-order valence-electron chi connectivity index (χ0n) is 42.2. The Morgan fingerprint density at radius 3 is 1.79 bits per heavy atom. The van der Waals surface area contributed by atoms with E-state index in [4.69, 9.17) is 11.3 Å². The van der Waals surface area contributed by atoms with Gasteiger partial charge in [0.05, 0.1) is 22.3 Å². The van der Waals surface area contributed by atoms with E-state index in [1.807, 2.05) is 44.3 Å². The van der Waals surface area contributed by atoms with Crippen molar-refractivity contribution in [3.8, 4) is 78.6 Å². The molecular formula is C63H62N3OPt-. The van der Waals surface area contributed by atoms with Crippen LogP contribution in [0.25, 0.3) is 83.9 Å². The third-order valence-electron chi connectivity index (χ3n) is 13.0. The van der Waals surface area contributed by atoms with Crippen LogP contribution < -0.4 is 0 Å². The number of imidazole rings is 1. The minimum Gasteiger partial charge on any atom is -0.507 e. The second-order valence-electron chi connectivity index (χ2n) is 21.3. The number of benzene rings is 7. The van der Waals surface area contributed by atoms with E-state index in [0.717, 1.165) is 89.2 Å². The van der Waals surface area contributed by atoms with Crippen molar-refractivity contribution in [3.63, 3.8) is 0 Å². The van der Waals surface area contributed by atoms with Crippen molar-refractivity contribution in [1.29, 1.82) is 0 Å². The molecule has 0 aliphatic carbocycles. The molecule has 68 heavy (non-hydrogen) atoms. The van der Waals surface area contributed by atoms with Crippen molar-refractivity contribution in [2.45, 2.75) is 98.3 Å². The number of para-hydroxylation sites is 1. The molecule has 0 aliphatic rings. The average Bonchev–Trinajstić information content (AvgIpc) is 3.70. The Hall–Kier alpha value is -6.35. The number of hydrogen-bond acceptors (Lipinski definition) is 3. The molecule has 0 amide bonds. The van der Waals surface area contributed by atoms with Crippen molar-refractivity contribution < 1.29 is 27.5 Å². The Bertz CT molecular complexity index is 3310. The smallest absolute Gasteiger partial charge is 0.148 e. The van der Waals surface area contributed by atoms with Crippen molar-refractivity contribution >= 4 is 11.0 Å². The maximum atomic E-state index is 12.6. The van der Waals surface area contributed by atoms with Gasteiger partial charge in [0.2, 0.25) is 0 Å². The van der Waals surface area contributed by atoms with Crippen LogP contribution in [-0.4, -0.2) is 19.6 Å². The van der Waals surface area contributed by atoms with Crippen LogP contribution in [0.4, 0.5) is 0 Å². The molecule has 0 saturated heterocycles. The van der Waals surface area contributed by atoms with Gasteiger partial charge in [-0.3, -0.25) is 9.55 Å². The van der Waals surface area contributed by atoms with Gasteiger partial charge in [-0.1, -0.05) is 208 Å². The SMILES string of the molecule is [2H]C(C)(C)c1ccc(-c2ccnc(-c3[c-]c(-c4cccc5c4nc(-c4cc(C(C)(C)C)cc(C(C)(C)C)c4O)n5-c4ccc(C(C)(C)C)cc4-c4ccccc4)cc(-c4ccccc4)c3)c2)cc1.[Pt]. The van der Waals surface area contributed by atoms with E-state index in [-0.39, 0.29) is 43.1 Å². The summed E-state index contributed by atoms with van der Waals surface area (Å²) in [4.78, 5) is 10.6. The number of hydrogen-bond donors (Lipinski definition) is 1. The Kier molecular flexibility index (Phi) is 12.8. The normalized spacial score (nSPS) is 12.5. The number of aromatic hydroxyl groups is 1. The molecule has 0 bridgehead atoms. The van der Waals surface area contributed by atoms with E-state index in [9.17, 15) is 5.11 Å². The van der Waals surface area contributed by atoms with E-state index in [0.29, 0.717) is 11.4 Å². The van der Waals surface area contributed by atoms with Crippen LogP contribution in [0.5, 0.6) is 5.75 Å². The summed E-state index contributed by atoms with van der Waals surface area (Å²) in [5.74, 6) is 0.216. The predicted molar refractivity (Wildman–Crippen MR) is 282 cm³/mol. The summed E-state index contributed by atoms with van der Waals surface area (Å²) >= 11 is 0. The molecule has 0 atom stereocenters. The fourth-order valence-corrected chi connectivity index (χ4v) is 9.00. The molecular weight excluding hydrogens is 1010 g/mol. The topological polar surface area (TPSA) is 50.9 Å². The monoisotopic (exact) mass is 1070 g/mol. The number of pyridine rings is 1. The maximum absolute atomic E-state index is 12.6. The Morgan fingerprint density at radius 1 is 0.544 bits per heavy atom. The van der Waals surface area contributed by atoms with Crippen LogP contribution in [0.15, 0.2) is 164 Å². The number of phenolic OH excluding ortho intramolecular Hbond substituents is 1. The van der Waals surface area contributed by atoms with Gasteiger partial charge in [-0.05, 0) is 91.4 Å². The van der Waals surface area contributed by atoms with Gasteiger partial charge in [0.25, 0.3) is 0 Å². The first kappa shape index (κ1) is 46.7. The molecule has 9 rings (SSSR count). The third-order valence-corrected chi connectivity index (χ3v) is 13.0. The molecule has 0 spiro atoms. The van der Waals surface area contributed by atoms with Crippen LogP contribution in [-0.2, 0) is 37.3 Å². The van der Waals surface area contributed by atoms with Crippen molar-refractivity contribution in [1.82, 2.24) is 14.5 Å². The van der Waals surface area contributed by atoms with Gasteiger partial charge in [0, 0.05) is 45.5 Å². The number of fused-ring (bicyclic) bond motifs is 1. The molecule has 0 aliphatic heterocycles. The Balaban J connectivity index is 0.00000642. The third kappa shape index (κ3) is 9.54. The molecule has 7 aromatic carbocycles. The summed E-state index contributed by atoms with van der Waals surface area (Å²) in [7, 11) is 0. The molecule has 0 fully saturated rings. The summed E-state index contributed by atoms with van der Waals surface area (Å²) in [5.41, 5.74) is 16.8. The fraction of sp³-hybridized carbons (Fsp3) is 0.238. The van der Waals surface area contributed by atoms with Crippen LogP contribution in [0.3, 0.4) is 0 Å². The molecule has 4 nitrogen and oxygen atoms in total.